The van der Waals surface area contributed by atoms with E-state index < -0.39 is 0 Å². The monoisotopic (exact) mass is 360 g/mol. The first-order valence-corrected chi connectivity index (χ1v) is 10.8. The lowest BCUT2D eigenvalue weighted by Gasteiger charge is -2.60. The third-order valence-electron chi connectivity index (χ3n) is 9.38. The topological polar surface area (TPSA) is 46.5 Å². The summed E-state index contributed by atoms with van der Waals surface area (Å²) in [6.07, 6.45) is 14.8. The maximum atomic E-state index is 11.6. The number of methoxy groups -OCH3 is 1. The van der Waals surface area contributed by atoms with Gasteiger partial charge in [-0.15, -0.1) is 0 Å². The average Bonchev–Trinajstić information content (AvgIpc) is 2.96. The fourth-order valence-electron chi connectivity index (χ4n) is 7.86. The van der Waals surface area contributed by atoms with Gasteiger partial charge in [0.2, 0.25) is 0 Å². The predicted octanol–water partition coefficient (Wildman–Crippen LogP) is 4.74. The first-order chi connectivity index (χ1) is 12.4. The molecule has 0 radical (unpaired) electrons. The summed E-state index contributed by atoms with van der Waals surface area (Å²) in [5, 5.41) is 10.2. The number of ether oxygens (including phenoxy) is 1. The van der Waals surface area contributed by atoms with E-state index in [4.69, 9.17) is 4.74 Å². The van der Waals surface area contributed by atoms with Gasteiger partial charge < -0.3 is 9.84 Å². The van der Waals surface area contributed by atoms with Crippen LogP contribution in [0, 0.1) is 40.4 Å². The van der Waals surface area contributed by atoms with Gasteiger partial charge in [0.15, 0.2) is 0 Å². The Morgan fingerprint density at radius 3 is 2.50 bits per heavy atom. The van der Waals surface area contributed by atoms with E-state index in [1.165, 1.54) is 52.1 Å². The van der Waals surface area contributed by atoms with Crippen LogP contribution in [-0.4, -0.2) is 24.3 Å². The molecule has 0 aromatic heterocycles. The molecule has 0 heterocycles. The molecule has 4 fully saturated rings. The summed E-state index contributed by atoms with van der Waals surface area (Å²) in [6.45, 7) is 5.04. The Labute approximate surface area is 158 Å². The van der Waals surface area contributed by atoms with Crippen LogP contribution in [-0.2, 0) is 9.53 Å². The minimum atomic E-state index is -0.223. The summed E-state index contributed by atoms with van der Waals surface area (Å²) in [4.78, 5) is 11.6. The molecule has 3 nitrogen and oxygen atoms in total. The number of carbonyl (C=O) groups excluding carboxylic acids is 1. The van der Waals surface area contributed by atoms with E-state index in [1.807, 2.05) is 0 Å². The smallest absolute Gasteiger partial charge is 0.330 e. The number of rotatable bonds is 2. The van der Waals surface area contributed by atoms with E-state index in [-0.39, 0.29) is 12.1 Å². The van der Waals surface area contributed by atoms with Crippen LogP contribution in [0.5, 0.6) is 0 Å². The van der Waals surface area contributed by atoms with Crippen LogP contribution in [0.25, 0.3) is 0 Å². The normalized spacial score (nSPS) is 50.8. The van der Waals surface area contributed by atoms with Crippen molar-refractivity contribution in [2.45, 2.75) is 77.7 Å². The Morgan fingerprint density at radius 1 is 1.00 bits per heavy atom. The number of aliphatic hydroxyl groups excluding tert-OH is 1. The highest BCUT2D eigenvalue weighted by Crippen LogP contribution is 2.67. The summed E-state index contributed by atoms with van der Waals surface area (Å²) in [6, 6.07) is 0. The lowest BCUT2D eigenvalue weighted by molar-refractivity contribution is -0.135. The number of carbonyl (C=O) groups is 1. The van der Waals surface area contributed by atoms with Gasteiger partial charge in [0.05, 0.1) is 13.2 Å². The van der Waals surface area contributed by atoms with Crippen LogP contribution in [0.15, 0.2) is 12.2 Å². The van der Waals surface area contributed by atoms with Gasteiger partial charge >= 0.3 is 5.97 Å². The number of hydrogen-bond acceptors (Lipinski definition) is 3. The van der Waals surface area contributed by atoms with Gasteiger partial charge in [0.25, 0.3) is 0 Å². The molecule has 3 heteroatoms. The summed E-state index contributed by atoms with van der Waals surface area (Å²) < 4.78 is 4.80. The largest absolute Gasteiger partial charge is 0.466 e. The van der Waals surface area contributed by atoms with Crippen molar-refractivity contribution in [1.82, 2.24) is 0 Å². The molecule has 0 aromatic rings. The van der Waals surface area contributed by atoms with Crippen molar-refractivity contribution in [3.63, 3.8) is 0 Å². The van der Waals surface area contributed by atoms with Gasteiger partial charge in [0, 0.05) is 6.08 Å². The minimum Gasteiger partial charge on any atom is -0.466 e. The highest BCUT2D eigenvalue weighted by Gasteiger charge is 2.59. The molecule has 4 aliphatic carbocycles. The Hall–Kier alpha value is -0.830. The van der Waals surface area contributed by atoms with Crippen LogP contribution < -0.4 is 0 Å². The van der Waals surface area contributed by atoms with Crippen LogP contribution in [0.1, 0.15) is 71.6 Å². The zero-order valence-corrected chi connectivity index (χ0v) is 16.7. The van der Waals surface area contributed by atoms with Gasteiger partial charge in [-0.1, -0.05) is 19.9 Å². The Bertz CT molecular complexity index is 584. The number of aliphatic hydroxyl groups is 1. The van der Waals surface area contributed by atoms with Gasteiger partial charge in [-0.05, 0) is 98.2 Å². The molecule has 26 heavy (non-hydrogen) atoms. The van der Waals surface area contributed by atoms with Gasteiger partial charge in [-0.3, -0.25) is 0 Å². The molecule has 4 rings (SSSR count). The van der Waals surface area contributed by atoms with E-state index in [1.54, 1.807) is 6.08 Å². The second-order valence-electron chi connectivity index (χ2n) is 10.2. The molecule has 0 amide bonds. The average molecular weight is 361 g/mol. The molecule has 0 aliphatic heterocycles. The number of esters is 1. The second kappa shape index (κ2) is 6.65. The fourth-order valence-corrected chi connectivity index (χ4v) is 7.86. The Kier molecular flexibility index (Phi) is 4.74. The van der Waals surface area contributed by atoms with E-state index in [0.29, 0.717) is 16.7 Å². The molecular formula is C23H36O3. The van der Waals surface area contributed by atoms with E-state index in [0.717, 1.165) is 36.5 Å². The SMILES string of the molecule is COC(=O)/C=C/[C@H]1CC[C@H]2[C@@H]3CCC4C[C@@H](O)CC[C@]4(C)[C@H]3CC[C@]12C. The summed E-state index contributed by atoms with van der Waals surface area (Å²) in [7, 11) is 1.46. The predicted molar refractivity (Wildman–Crippen MR) is 102 cm³/mol. The second-order valence-corrected chi connectivity index (χ2v) is 10.2. The fraction of sp³-hybridized carbons (Fsp3) is 0.870. The highest BCUT2D eigenvalue weighted by molar-refractivity contribution is 5.81. The van der Waals surface area contributed by atoms with Crippen molar-refractivity contribution >= 4 is 5.97 Å². The summed E-state index contributed by atoms with van der Waals surface area (Å²) in [5.41, 5.74) is 0.798. The van der Waals surface area contributed by atoms with E-state index in [9.17, 15) is 9.90 Å². The summed E-state index contributed by atoms with van der Waals surface area (Å²) >= 11 is 0. The highest BCUT2D eigenvalue weighted by atomic mass is 16.5. The molecule has 1 unspecified atom stereocenters. The van der Waals surface area contributed by atoms with Crippen molar-refractivity contribution in [3.8, 4) is 0 Å². The van der Waals surface area contributed by atoms with Crippen molar-refractivity contribution < 1.29 is 14.6 Å². The third-order valence-corrected chi connectivity index (χ3v) is 9.38. The first kappa shape index (κ1) is 18.5. The van der Waals surface area contributed by atoms with Gasteiger partial charge in [-0.25, -0.2) is 4.79 Å². The summed E-state index contributed by atoms with van der Waals surface area (Å²) in [5.74, 6) is 3.52. The zero-order valence-electron chi connectivity index (χ0n) is 16.7. The van der Waals surface area contributed by atoms with Crippen LogP contribution in [0.3, 0.4) is 0 Å². The Balaban J connectivity index is 1.54. The maximum Gasteiger partial charge on any atom is 0.330 e. The van der Waals surface area contributed by atoms with Crippen molar-refractivity contribution in [2.75, 3.05) is 7.11 Å². The van der Waals surface area contributed by atoms with Crippen LogP contribution in [0.2, 0.25) is 0 Å². The standard InChI is InChI=1S/C23H36O3/c1-22-13-11-20-18(7-4-16-14-17(24)10-12-23(16,20)2)19(22)8-5-15(22)6-9-21(25)26-3/h6,9,15-20,24H,4-5,7-8,10-14H2,1-3H3/b9-6+/t15-,16?,17+,18+,19+,20+,22-,23+/m1/s1. The zero-order chi connectivity index (χ0) is 18.5. The van der Waals surface area contributed by atoms with Crippen molar-refractivity contribution in [3.05, 3.63) is 12.2 Å². The number of allylic oxidation sites excluding steroid dienone is 1. The lowest BCUT2D eigenvalue weighted by atomic mass is 9.44. The molecule has 0 spiro atoms. The quantitative estimate of drug-likeness (QED) is 0.572. The van der Waals surface area contributed by atoms with E-state index in [2.05, 4.69) is 19.9 Å². The van der Waals surface area contributed by atoms with Gasteiger partial charge in [-0.2, -0.15) is 0 Å². The molecule has 4 aliphatic rings. The third kappa shape index (κ3) is 2.77. The lowest BCUT2D eigenvalue weighted by Crippen LogP contribution is -2.53. The van der Waals surface area contributed by atoms with Crippen LogP contribution >= 0.6 is 0 Å². The number of fused-ring (bicyclic) bond motifs is 5. The Morgan fingerprint density at radius 2 is 1.73 bits per heavy atom. The van der Waals surface area contributed by atoms with E-state index >= 15 is 0 Å². The molecule has 0 aromatic carbocycles. The molecule has 8 atom stereocenters. The number of hydrogen-bond donors (Lipinski definition) is 1. The molecule has 4 saturated carbocycles. The van der Waals surface area contributed by atoms with Crippen molar-refractivity contribution in [1.29, 1.82) is 0 Å². The molecule has 0 bridgehead atoms. The molecule has 1 N–H and O–H groups in total. The first-order valence-electron chi connectivity index (χ1n) is 10.8. The van der Waals surface area contributed by atoms with Gasteiger partial charge in [0.1, 0.15) is 0 Å². The van der Waals surface area contributed by atoms with Crippen LogP contribution in [0.4, 0.5) is 0 Å². The molecule has 0 saturated heterocycles. The molecular weight excluding hydrogens is 324 g/mol. The minimum absolute atomic E-state index is 0.0576. The molecule has 146 valence electrons. The van der Waals surface area contributed by atoms with Crippen molar-refractivity contribution in [2.24, 2.45) is 40.4 Å². The maximum absolute atomic E-state index is 11.6.